The summed E-state index contributed by atoms with van der Waals surface area (Å²) in [5.41, 5.74) is -0.0828. The molecule has 76 valence electrons. The van der Waals surface area contributed by atoms with Gasteiger partial charge in [0.05, 0.1) is 7.11 Å². The van der Waals surface area contributed by atoms with Gasteiger partial charge in [-0.25, -0.2) is 4.79 Å². The fraction of sp³-hybridized carbons (Fsp3) is 0.375. The van der Waals surface area contributed by atoms with Gasteiger partial charge in [-0.2, -0.15) is 9.97 Å². The van der Waals surface area contributed by atoms with Crippen molar-refractivity contribution >= 4 is 11.8 Å². The van der Waals surface area contributed by atoms with E-state index >= 15 is 0 Å². The van der Waals surface area contributed by atoms with E-state index in [2.05, 4.69) is 9.97 Å². The highest BCUT2D eigenvalue weighted by atomic mass is 16.5. The van der Waals surface area contributed by atoms with Crippen LogP contribution in [0.3, 0.4) is 0 Å². The van der Waals surface area contributed by atoms with Crippen LogP contribution in [0.25, 0.3) is 0 Å². The zero-order valence-corrected chi connectivity index (χ0v) is 8.18. The third kappa shape index (κ3) is 2.09. The first kappa shape index (κ1) is 10.2. The molecule has 1 aromatic heterocycles. The molecule has 1 rings (SSSR count). The maximum Gasteiger partial charge on any atom is 0.354 e. The van der Waals surface area contributed by atoms with Crippen molar-refractivity contribution in [3.63, 3.8) is 0 Å². The number of carboxylic acid groups (broad SMARTS) is 1. The first-order valence-corrected chi connectivity index (χ1v) is 3.88. The van der Waals surface area contributed by atoms with Crippen LogP contribution in [-0.4, -0.2) is 42.2 Å². The van der Waals surface area contributed by atoms with Gasteiger partial charge >= 0.3 is 12.0 Å². The average Bonchev–Trinajstić information content (AvgIpc) is 2.16. The predicted molar refractivity (Wildman–Crippen MR) is 49.9 cm³/mol. The van der Waals surface area contributed by atoms with Gasteiger partial charge in [0, 0.05) is 20.2 Å². The SMILES string of the molecule is COc1nc(C(=O)O)cc(N(C)C)n1. The van der Waals surface area contributed by atoms with Crippen LogP contribution in [0.15, 0.2) is 6.07 Å². The second-order valence-corrected chi connectivity index (χ2v) is 2.80. The molecule has 0 aliphatic heterocycles. The Morgan fingerprint density at radius 1 is 1.50 bits per heavy atom. The average molecular weight is 197 g/mol. The Balaban J connectivity index is 3.20. The molecule has 14 heavy (non-hydrogen) atoms. The van der Waals surface area contributed by atoms with Crippen molar-refractivity contribution < 1.29 is 14.6 Å². The van der Waals surface area contributed by atoms with Crippen LogP contribution in [0.2, 0.25) is 0 Å². The van der Waals surface area contributed by atoms with E-state index in [1.807, 2.05) is 0 Å². The summed E-state index contributed by atoms with van der Waals surface area (Å²) in [4.78, 5) is 20.0. The Labute approximate surface area is 81.2 Å². The van der Waals surface area contributed by atoms with E-state index in [1.54, 1.807) is 19.0 Å². The van der Waals surface area contributed by atoms with Crippen molar-refractivity contribution in [1.29, 1.82) is 0 Å². The molecular weight excluding hydrogens is 186 g/mol. The first-order chi connectivity index (χ1) is 6.54. The van der Waals surface area contributed by atoms with Crippen LogP contribution in [0.4, 0.5) is 5.82 Å². The monoisotopic (exact) mass is 197 g/mol. The molecule has 0 amide bonds. The van der Waals surface area contributed by atoms with Crippen LogP contribution in [0.5, 0.6) is 6.01 Å². The molecule has 1 heterocycles. The summed E-state index contributed by atoms with van der Waals surface area (Å²) in [6.45, 7) is 0. The highest BCUT2D eigenvalue weighted by Crippen LogP contribution is 2.13. The molecule has 0 saturated carbocycles. The molecule has 1 N–H and O–H groups in total. The molecule has 6 heteroatoms. The number of rotatable bonds is 3. The third-order valence-corrected chi connectivity index (χ3v) is 1.55. The summed E-state index contributed by atoms with van der Waals surface area (Å²) in [7, 11) is 4.90. The maximum atomic E-state index is 10.7. The molecule has 0 unspecified atom stereocenters. The molecule has 0 fully saturated rings. The largest absolute Gasteiger partial charge is 0.477 e. The highest BCUT2D eigenvalue weighted by Gasteiger charge is 2.11. The lowest BCUT2D eigenvalue weighted by molar-refractivity contribution is 0.0689. The second-order valence-electron chi connectivity index (χ2n) is 2.80. The van der Waals surface area contributed by atoms with Crippen molar-refractivity contribution in [3.8, 4) is 6.01 Å². The molecule has 0 aliphatic rings. The fourth-order valence-corrected chi connectivity index (χ4v) is 0.843. The lowest BCUT2D eigenvalue weighted by Crippen LogP contribution is -2.14. The minimum Gasteiger partial charge on any atom is -0.477 e. The lowest BCUT2D eigenvalue weighted by Gasteiger charge is -2.11. The number of hydrogen-bond acceptors (Lipinski definition) is 5. The van der Waals surface area contributed by atoms with E-state index in [0.717, 1.165) is 0 Å². The van der Waals surface area contributed by atoms with Gasteiger partial charge in [-0.15, -0.1) is 0 Å². The van der Waals surface area contributed by atoms with Crippen molar-refractivity contribution in [2.24, 2.45) is 0 Å². The zero-order valence-electron chi connectivity index (χ0n) is 8.18. The molecular formula is C8H11N3O3. The smallest absolute Gasteiger partial charge is 0.354 e. The summed E-state index contributed by atoms with van der Waals surface area (Å²) < 4.78 is 4.78. The summed E-state index contributed by atoms with van der Waals surface area (Å²) in [5, 5.41) is 8.75. The number of nitrogens with zero attached hydrogens (tertiary/aromatic N) is 3. The normalized spacial score (nSPS) is 9.64. The van der Waals surface area contributed by atoms with Gasteiger partial charge in [0.1, 0.15) is 5.82 Å². The van der Waals surface area contributed by atoms with Gasteiger partial charge in [-0.05, 0) is 0 Å². The van der Waals surface area contributed by atoms with Crippen LogP contribution in [0.1, 0.15) is 10.5 Å². The van der Waals surface area contributed by atoms with Gasteiger partial charge < -0.3 is 14.7 Å². The first-order valence-electron chi connectivity index (χ1n) is 3.88. The van der Waals surface area contributed by atoms with Crippen LogP contribution < -0.4 is 9.64 Å². The lowest BCUT2D eigenvalue weighted by atomic mass is 10.4. The molecule has 0 atom stereocenters. The Kier molecular flexibility index (Phi) is 2.85. The molecule has 0 spiro atoms. The van der Waals surface area contributed by atoms with Gasteiger partial charge in [0.15, 0.2) is 5.69 Å². The summed E-state index contributed by atoms with van der Waals surface area (Å²) in [6, 6.07) is 1.43. The second kappa shape index (κ2) is 3.91. The van der Waals surface area contributed by atoms with Gasteiger partial charge in [0.25, 0.3) is 0 Å². The number of carbonyl (C=O) groups is 1. The van der Waals surface area contributed by atoms with Gasteiger partial charge in [-0.3, -0.25) is 0 Å². The summed E-state index contributed by atoms with van der Waals surface area (Å²) in [5.74, 6) is -0.608. The fourth-order valence-electron chi connectivity index (χ4n) is 0.843. The van der Waals surface area contributed by atoms with Crippen molar-refractivity contribution in [3.05, 3.63) is 11.8 Å². The highest BCUT2D eigenvalue weighted by molar-refractivity contribution is 5.86. The van der Waals surface area contributed by atoms with Gasteiger partial charge in [-0.1, -0.05) is 0 Å². The minimum atomic E-state index is -1.10. The van der Waals surface area contributed by atoms with Crippen LogP contribution in [0, 0.1) is 0 Å². The standard InChI is InChI=1S/C8H11N3O3/c1-11(2)6-4-5(7(12)13)9-8(10-6)14-3/h4H,1-3H3,(H,12,13). The summed E-state index contributed by atoms with van der Waals surface area (Å²) in [6.07, 6.45) is 0. The number of hydrogen-bond donors (Lipinski definition) is 1. The Morgan fingerprint density at radius 2 is 2.14 bits per heavy atom. The number of methoxy groups -OCH3 is 1. The summed E-state index contributed by atoms with van der Waals surface area (Å²) >= 11 is 0. The Morgan fingerprint density at radius 3 is 2.57 bits per heavy atom. The Bertz CT molecular complexity index is 352. The molecule has 0 bridgehead atoms. The van der Waals surface area contributed by atoms with E-state index in [1.165, 1.54) is 13.2 Å². The predicted octanol–water partition coefficient (Wildman–Crippen LogP) is 0.249. The van der Waals surface area contributed by atoms with E-state index in [4.69, 9.17) is 9.84 Å². The molecule has 6 nitrogen and oxygen atoms in total. The number of carboxylic acids is 1. The van der Waals surface area contributed by atoms with E-state index in [0.29, 0.717) is 5.82 Å². The zero-order chi connectivity index (χ0) is 10.7. The van der Waals surface area contributed by atoms with Crippen molar-refractivity contribution in [1.82, 2.24) is 9.97 Å². The van der Waals surface area contributed by atoms with Crippen LogP contribution in [-0.2, 0) is 0 Å². The molecule has 0 aromatic carbocycles. The van der Waals surface area contributed by atoms with Gasteiger partial charge in [0.2, 0.25) is 0 Å². The number of aromatic carboxylic acids is 1. The molecule has 0 radical (unpaired) electrons. The van der Waals surface area contributed by atoms with E-state index < -0.39 is 5.97 Å². The Hall–Kier alpha value is -1.85. The number of anilines is 1. The quantitative estimate of drug-likeness (QED) is 0.748. The minimum absolute atomic E-state index is 0.0496. The van der Waals surface area contributed by atoms with Crippen LogP contribution >= 0.6 is 0 Å². The topological polar surface area (TPSA) is 75.6 Å². The number of aromatic nitrogens is 2. The van der Waals surface area contributed by atoms with Crippen molar-refractivity contribution in [2.45, 2.75) is 0 Å². The molecule has 0 saturated heterocycles. The third-order valence-electron chi connectivity index (χ3n) is 1.55. The maximum absolute atomic E-state index is 10.7. The van der Waals surface area contributed by atoms with E-state index in [9.17, 15) is 4.79 Å². The molecule has 1 aromatic rings. The van der Waals surface area contributed by atoms with Crippen molar-refractivity contribution in [2.75, 3.05) is 26.1 Å². The molecule has 0 aliphatic carbocycles. The van der Waals surface area contributed by atoms with E-state index in [-0.39, 0.29) is 11.7 Å². The number of ether oxygens (including phenoxy) is 1.